The quantitative estimate of drug-likeness (QED) is 0.595. The predicted octanol–water partition coefficient (Wildman–Crippen LogP) is 4.60. The van der Waals surface area contributed by atoms with Gasteiger partial charge >= 0.3 is 0 Å². The van der Waals surface area contributed by atoms with Crippen LogP contribution < -0.4 is 20.1 Å². The lowest BCUT2D eigenvalue weighted by atomic mass is 10.3. The van der Waals surface area contributed by atoms with Gasteiger partial charge in [0.1, 0.15) is 0 Å². The summed E-state index contributed by atoms with van der Waals surface area (Å²) < 4.78 is 12.3. The Labute approximate surface area is 178 Å². The largest absolute Gasteiger partial charge is 0.493 e. The summed E-state index contributed by atoms with van der Waals surface area (Å²) in [7, 11) is 3.21. The number of thiocarbonyl (C=S) groups is 1. The Morgan fingerprint density at radius 1 is 1.00 bits per heavy atom. The molecule has 3 rings (SSSR count). The summed E-state index contributed by atoms with van der Waals surface area (Å²) in [4.78, 5) is 3.86. The summed E-state index contributed by atoms with van der Waals surface area (Å²) in [5, 5.41) is 6.65. The molecule has 0 fully saturated rings. The molecule has 2 N–H and O–H groups in total. The number of aryl methyl sites for hydroxylation is 1. The predicted molar refractivity (Wildman–Crippen MR) is 124 cm³/mol. The van der Waals surface area contributed by atoms with Gasteiger partial charge in [-0.15, -0.1) is 0 Å². The zero-order chi connectivity index (χ0) is 21.3. The topological polar surface area (TPSA) is 60.3 Å². The third kappa shape index (κ3) is 10.2. The number of ether oxygens (including phenoxy) is 2. The van der Waals surface area contributed by atoms with Crippen LogP contribution in [-0.4, -0.2) is 35.4 Å². The van der Waals surface area contributed by atoms with Gasteiger partial charge in [-0.1, -0.05) is 36.4 Å². The molecule has 0 bridgehead atoms. The molecule has 7 heteroatoms. The molecule has 1 aromatic heterocycles. The minimum absolute atomic E-state index is 0.592. The maximum atomic E-state index is 5.19. The van der Waals surface area contributed by atoms with Crippen molar-refractivity contribution in [2.75, 3.05) is 26.1 Å². The van der Waals surface area contributed by atoms with E-state index in [9.17, 15) is 0 Å². The van der Waals surface area contributed by atoms with Gasteiger partial charge in [-0.2, -0.15) is 0 Å². The van der Waals surface area contributed by atoms with Gasteiger partial charge in [0.05, 0.1) is 20.5 Å². The highest BCUT2D eigenvalue weighted by atomic mass is 32.1. The van der Waals surface area contributed by atoms with Crippen LogP contribution in [0, 0.1) is 0 Å². The van der Waals surface area contributed by atoms with Crippen LogP contribution in [0.3, 0.4) is 0 Å². The molecule has 0 aliphatic heterocycles. The smallest absolute Gasteiger partial charge is 0.170 e. The lowest BCUT2D eigenvalue weighted by Gasteiger charge is -2.12. The number of nitrogens with zero attached hydrogens (tertiary/aromatic N) is 2. The molecule has 0 saturated heterocycles. The molecule has 0 aliphatic carbocycles. The lowest BCUT2D eigenvalue weighted by molar-refractivity contribution is 0.355. The van der Waals surface area contributed by atoms with E-state index in [2.05, 4.69) is 22.5 Å². The molecule has 6 nitrogen and oxygen atoms in total. The van der Waals surface area contributed by atoms with Crippen LogP contribution in [0.4, 0.5) is 5.69 Å². The SMILES string of the molecule is CCNC(=S)Nc1ccc(OC)c(OC)c1.CCn1ccnc1.c1ccccc1. The molecule has 3 aromatic rings. The van der Waals surface area contributed by atoms with Crippen LogP contribution in [0.2, 0.25) is 0 Å². The van der Waals surface area contributed by atoms with E-state index in [1.54, 1.807) is 26.7 Å². The van der Waals surface area contributed by atoms with Crippen molar-refractivity contribution in [3.05, 3.63) is 73.3 Å². The van der Waals surface area contributed by atoms with Gasteiger partial charge in [0.15, 0.2) is 16.6 Å². The molecule has 0 amide bonds. The molecule has 2 aromatic carbocycles. The van der Waals surface area contributed by atoms with Gasteiger partial charge in [0.2, 0.25) is 0 Å². The molecular formula is C22H30N4O2S. The van der Waals surface area contributed by atoms with Crippen molar-refractivity contribution < 1.29 is 9.47 Å². The van der Waals surface area contributed by atoms with Crippen molar-refractivity contribution in [2.45, 2.75) is 20.4 Å². The summed E-state index contributed by atoms with van der Waals surface area (Å²) in [6.45, 7) is 5.88. The standard InChI is InChI=1S/C11H16N2O2S.C6H6.C5H8N2/c1-4-12-11(16)13-8-5-6-9(14-2)10(7-8)15-3;1-2-4-6-5-3-1;1-2-7-4-3-6-5-7/h5-7H,4H2,1-3H3,(H2,12,13,16);1-6H;3-5H,2H2,1H3. The minimum atomic E-state index is 0.592. The molecule has 0 unspecified atom stereocenters. The molecule has 29 heavy (non-hydrogen) atoms. The van der Waals surface area contributed by atoms with E-state index < -0.39 is 0 Å². The number of methoxy groups -OCH3 is 2. The van der Waals surface area contributed by atoms with Crippen LogP contribution in [0.25, 0.3) is 0 Å². The van der Waals surface area contributed by atoms with E-state index >= 15 is 0 Å². The average molecular weight is 415 g/mol. The number of hydrogen-bond acceptors (Lipinski definition) is 4. The number of benzene rings is 2. The lowest BCUT2D eigenvalue weighted by Crippen LogP contribution is -2.27. The first kappa shape index (κ1) is 24.0. The Balaban J connectivity index is 0.000000262. The first-order chi connectivity index (χ1) is 14.1. The summed E-state index contributed by atoms with van der Waals surface area (Å²) in [5.74, 6) is 1.37. The highest BCUT2D eigenvalue weighted by Gasteiger charge is 2.04. The van der Waals surface area contributed by atoms with Gasteiger partial charge < -0.3 is 24.7 Å². The number of imidazole rings is 1. The van der Waals surface area contributed by atoms with Crippen LogP contribution in [-0.2, 0) is 6.54 Å². The van der Waals surface area contributed by atoms with Crippen molar-refractivity contribution in [3.63, 3.8) is 0 Å². The number of aromatic nitrogens is 2. The van der Waals surface area contributed by atoms with Crippen LogP contribution in [0.15, 0.2) is 73.3 Å². The first-order valence-electron chi connectivity index (χ1n) is 9.37. The number of anilines is 1. The molecule has 1 heterocycles. The third-order valence-electron chi connectivity index (χ3n) is 3.57. The monoisotopic (exact) mass is 414 g/mol. The minimum Gasteiger partial charge on any atom is -0.493 e. The fourth-order valence-corrected chi connectivity index (χ4v) is 2.37. The fraction of sp³-hybridized carbons (Fsp3) is 0.273. The Morgan fingerprint density at radius 3 is 2.03 bits per heavy atom. The maximum absolute atomic E-state index is 5.19. The van der Waals surface area contributed by atoms with Crippen LogP contribution in [0.1, 0.15) is 13.8 Å². The molecule has 0 aliphatic rings. The molecule has 0 atom stereocenters. The van der Waals surface area contributed by atoms with Crippen molar-refractivity contribution in [1.82, 2.24) is 14.9 Å². The zero-order valence-electron chi connectivity index (χ0n) is 17.5. The Hall–Kier alpha value is -3.06. The van der Waals surface area contributed by atoms with Gasteiger partial charge in [0.25, 0.3) is 0 Å². The molecule has 0 spiro atoms. The van der Waals surface area contributed by atoms with Gasteiger partial charge in [-0.05, 0) is 38.2 Å². The van der Waals surface area contributed by atoms with Gasteiger partial charge in [-0.25, -0.2) is 4.98 Å². The van der Waals surface area contributed by atoms with E-state index in [0.29, 0.717) is 16.6 Å². The molecule has 0 saturated carbocycles. The summed E-state index contributed by atoms with van der Waals surface area (Å²) in [6, 6.07) is 17.5. The molecular weight excluding hydrogens is 384 g/mol. The van der Waals surface area contributed by atoms with E-state index in [0.717, 1.165) is 18.8 Å². The Bertz CT molecular complexity index is 769. The third-order valence-corrected chi connectivity index (χ3v) is 3.82. The van der Waals surface area contributed by atoms with Crippen molar-refractivity contribution in [3.8, 4) is 11.5 Å². The second kappa shape index (κ2) is 14.9. The van der Waals surface area contributed by atoms with E-state index in [-0.39, 0.29) is 0 Å². The molecule has 0 radical (unpaired) electrons. The Kier molecular flexibility index (Phi) is 12.3. The fourth-order valence-electron chi connectivity index (χ4n) is 2.11. The first-order valence-corrected chi connectivity index (χ1v) is 9.78. The second-order valence-corrected chi connectivity index (χ2v) is 6.01. The summed E-state index contributed by atoms with van der Waals surface area (Å²) in [5.41, 5.74) is 0.864. The van der Waals surface area contributed by atoms with Crippen molar-refractivity contribution >= 4 is 23.0 Å². The van der Waals surface area contributed by atoms with Crippen LogP contribution in [0.5, 0.6) is 11.5 Å². The van der Waals surface area contributed by atoms with Crippen molar-refractivity contribution in [2.24, 2.45) is 0 Å². The zero-order valence-corrected chi connectivity index (χ0v) is 18.3. The average Bonchev–Trinajstić information content (AvgIpc) is 3.30. The van der Waals surface area contributed by atoms with Crippen LogP contribution >= 0.6 is 12.2 Å². The normalized spacial score (nSPS) is 9.10. The van der Waals surface area contributed by atoms with Gasteiger partial charge in [0, 0.05) is 37.2 Å². The highest BCUT2D eigenvalue weighted by Crippen LogP contribution is 2.29. The number of rotatable bonds is 5. The summed E-state index contributed by atoms with van der Waals surface area (Å²) >= 11 is 5.08. The van der Waals surface area contributed by atoms with Gasteiger partial charge in [-0.3, -0.25) is 0 Å². The molecule has 156 valence electrons. The van der Waals surface area contributed by atoms with E-state index in [1.807, 2.05) is 72.3 Å². The highest BCUT2D eigenvalue weighted by molar-refractivity contribution is 7.80. The summed E-state index contributed by atoms with van der Waals surface area (Å²) in [6.07, 6.45) is 5.53. The maximum Gasteiger partial charge on any atom is 0.170 e. The van der Waals surface area contributed by atoms with E-state index in [4.69, 9.17) is 21.7 Å². The number of nitrogens with one attached hydrogen (secondary N) is 2. The van der Waals surface area contributed by atoms with Crippen molar-refractivity contribution in [1.29, 1.82) is 0 Å². The second-order valence-electron chi connectivity index (χ2n) is 5.60. The number of hydrogen-bond donors (Lipinski definition) is 2. The Morgan fingerprint density at radius 2 is 1.62 bits per heavy atom. The van der Waals surface area contributed by atoms with E-state index in [1.165, 1.54) is 0 Å².